The van der Waals surface area contributed by atoms with Crippen molar-refractivity contribution in [3.05, 3.63) is 0 Å². The molecule has 0 amide bonds. The zero-order valence-electron chi connectivity index (χ0n) is 14.5. The lowest BCUT2D eigenvalue weighted by atomic mass is 9.94. The van der Waals surface area contributed by atoms with E-state index in [1.807, 2.05) is 0 Å². The Labute approximate surface area is 153 Å². The molecule has 0 unspecified atom stereocenters. The highest BCUT2D eigenvalue weighted by molar-refractivity contribution is 14.0. The number of nitrogens with two attached hydrogens (primary N) is 1. The molecule has 0 bridgehead atoms. The van der Waals surface area contributed by atoms with Crippen LogP contribution in [0.2, 0.25) is 0 Å². The van der Waals surface area contributed by atoms with Crippen molar-refractivity contribution in [2.45, 2.75) is 64.3 Å². The van der Waals surface area contributed by atoms with Crippen LogP contribution in [0.25, 0.3) is 0 Å². The number of guanidine groups is 1. The molecule has 0 aromatic carbocycles. The molecular formula is C17H35IN4. The molecule has 1 aliphatic heterocycles. The summed E-state index contributed by atoms with van der Waals surface area (Å²) in [4.78, 5) is 9.37. The second kappa shape index (κ2) is 10.7. The van der Waals surface area contributed by atoms with E-state index in [1.54, 1.807) is 0 Å². The van der Waals surface area contributed by atoms with Gasteiger partial charge in [0.05, 0.1) is 0 Å². The fourth-order valence-electron chi connectivity index (χ4n) is 3.56. The molecule has 0 atom stereocenters. The van der Waals surface area contributed by atoms with E-state index in [0.717, 1.165) is 50.5 Å². The van der Waals surface area contributed by atoms with E-state index in [4.69, 9.17) is 5.73 Å². The Kier molecular flexibility index (Phi) is 9.71. The van der Waals surface area contributed by atoms with Crippen molar-refractivity contribution in [3.8, 4) is 0 Å². The van der Waals surface area contributed by atoms with E-state index in [1.165, 1.54) is 44.9 Å². The Morgan fingerprint density at radius 1 is 1.14 bits per heavy atom. The summed E-state index contributed by atoms with van der Waals surface area (Å²) in [7, 11) is 2.27. The monoisotopic (exact) mass is 422 g/mol. The molecule has 1 saturated heterocycles. The Morgan fingerprint density at radius 2 is 1.77 bits per heavy atom. The third-order valence-electron chi connectivity index (χ3n) is 5.25. The lowest BCUT2D eigenvalue weighted by Gasteiger charge is -2.31. The van der Waals surface area contributed by atoms with Crippen LogP contribution in [-0.4, -0.2) is 55.0 Å². The lowest BCUT2D eigenvalue weighted by molar-refractivity contribution is 0.191. The summed E-state index contributed by atoms with van der Waals surface area (Å²) >= 11 is 0. The number of rotatable bonds is 5. The Morgan fingerprint density at radius 3 is 2.41 bits per heavy atom. The molecule has 130 valence electrons. The first-order chi connectivity index (χ1) is 10.2. The summed E-state index contributed by atoms with van der Waals surface area (Å²) in [6.07, 6.45) is 10.6. The predicted octanol–water partition coefficient (Wildman–Crippen LogP) is 3.31. The highest BCUT2D eigenvalue weighted by Gasteiger charge is 2.18. The van der Waals surface area contributed by atoms with Crippen LogP contribution in [0.5, 0.6) is 0 Å². The van der Waals surface area contributed by atoms with Crippen molar-refractivity contribution >= 4 is 29.9 Å². The smallest absolute Gasteiger partial charge is 0.191 e. The topological polar surface area (TPSA) is 44.9 Å². The first-order valence-electron chi connectivity index (χ1n) is 8.92. The minimum absolute atomic E-state index is 0. The van der Waals surface area contributed by atoms with Crippen LogP contribution in [0, 0.1) is 5.92 Å². The van der Waals surface area contributed by atoms with Gasteiger partial charge in [0.2, 0.25) is 0 Å². The number of likely N-dealkylation sites (tertiary alicyclic amines) is 1. The molecule has 1 aliphatic carbocycles. The molecule has 1 heterocycles. The van der Waals surface area contributed by atoms with Gasteiger partial charge in [-0.1, -0.05) is 26.2 Å². The van der Waals surface area contributed by atoms with Crippen LogP contribution in [-0.2, 0) is 0 Å². The predicted molar refractivity (Wildman–Crippen MR) is 106 cm³/mol. The fraction of sp³-hybridized carbons (Fsp3) is 0.941. The van der Waals surface area contributed by atoms with Crippen molar-refractivity contribution in [1.29, 1.82) is 0 Å². The molecule has 4 nitrogen and oxygen atoms in total. The third kappa shape index (κ3) is 6.60. The molecule has 2 N–H and O–H groups in total. The lowest BCUT2D eigenvalue weighted by Crippen LogP contribution is -2.42. The maximum atomic E-state index is 6.12. The Bertz CT molecular complexity index is 321. The minimum atomic E-state index is 0. The molecule has 2 aliphatic rings. The van der Waals surface area contributed by atoms with Gasteiger partial charge in [-0.05, 0) is 51.6 Å². The third-order valence-corrected chi connectivity index (χ3v) is 5.25. The van der Waals surface area contributed by atoms with Gasteiger partial charge < -0.3 is 15.5 Å². The molecule has 0 spiro atoms. The Balaban J connectivity index is 0.00000242. The number of hydrogen-bond acceptors (Lipinski definition) is 2. The fourth-order valence-corrected chi connectivity index (χ4v) is 3.56. The number of halogens is 1. The van der Waals surface area contributed by atoms with E-state index in [0.29, 0.717) is 0 Å². The summed E-state index contributed by atoms with van der Waals surface area (Å²) in [5.41, 5.74) is 6.12. The van der Waals surface area contributed by atoms with E-state index in [-0.39, 0.29) is 24.0 Å². The second-order valence-corrected chi connectivity index (χ2v) is 7.04. The molecule has 0 aromatic rings. The summed E-state index contributed by atoms with van der Waals surface area (Å²) in [5.74, 6) is 1.61. The van der Waals surface area contributed by atoms with Gasteiger partial charge in [-0.15, -0.1) is 24.0 Å². The van der Waals surface area contributed by atoms with Gasteiger partial charge in [-0.25, -0.2) is 0 Å². The summed E-state index contributed by atoms with van der Waals surface area (Å²) in [5, 5.41) is 0. The molecule has 2 rings (SSSR count). The quantitative estimate of drug-likeness (QED) is 0.320. The molecule has 5 heteroatoms. The number of aliphatic imine (C=N–C) groups is 1. The van der Waals surface area contributed by atoms with Crippen LogP contribution in [0.4, 0.5) is 0 Å². The van der Waals surface area contributed by atoms with Crippen molar-refractivity contribution in [3.63, 3.8) is 0 Å². The maximum absolute atomic E-state index is 6.12. The van der Waals surface area contributed by atoms with Crippen LogP contribution in [0.15, 0.2) is 4.99 Å². The maximum Gasteiger partial charge on any atom is 0.191 e. The van der Waals surface area contributed by atoms with E-state index < -0.39 is 0 Å². The van der Waals surface area contributed by atoms with Crippen LogP contribution >= 0.6 is 24.0 Å². The average Bonchev–Trinajstić information content (AvgIpc) is 2.52. The molecule has 2 fully saturated rings. The van der Waals surface area contributed by atoms with Crippen molar-refractivity contribution in [2.75, 3.05) is 33.2 Å². The van der Waals surface area contributed by atoms with Gasteiger partial charge in [0.25, 0.3) is 0 Å². The van der Waals surface area contributed by atoms with Crippen molar-refractivity contribution in [2.24, 2.45) is 16.6 Å². The normalized spacial score (nSPS) is 22.0. The van der Waals surface area contributed by atoms with Crippen LogP contribution in [0.3, 0.4) is 0 Å². The zero-order chi connectivity index (χ0) is 15.1. The van der Waals surface area contributed by atoms with Gasteiger partial charge in [0.15, 0.2) is 5.96 Å². The molecule has 1 saturated carbocycles. The SMILES string of the molecule is CC1CCN(C(N)=NCCCN(C)C2CCCCC2)CC1.I. The first kappa shape index (κ1) is 20.0. The van der Waals surface area contributed by atoms with E-state index >= 15 is 0 Å². The zero-order valence-corrected chi connectivity index (χ0v) is 16.8. The molecule has 0 radical (unpaired) electrons. The van der Waals surface area contributed by atoms with E-state index in [2.05, 4.69) is 28.8 Å². The van der Waals surface area contributed by atoms with Crippen LogP contribution < -0.4 is 5.73 Å². The highest BCUT2D eigenvalue weighted by atomic mass is 127. The van der Waals surface area contributed by atoms with Gasteiger partial charge in [-0.3, -0.25) is 4.99 Å². The van der Waals surface area contributed by atoms with Crippen molar-refractivity contribution < 1.29 is 0 Å². The average molecular weight is 422 g/mol. The molecular weight excluding hydrogens is 387 g/mol. The van der Waals surface area contributed by atoms with Gasteiger partial charge >= 0.3 is 0 Å². The van der Waals surface area contributed by atoms with Gasteiger partial charge in [0, 0.05) is 25.7 Å². The summed E-state index contributed by atoms with van der Waals surface area (Å²) < 4.78 is 0. The first-order valence-corrected chi connectivity index (χ1v) is 8.92. The molecule has 22 heavy (non-hydrogen) atoms. The van der Waals surface area contributed by atoms with Crippen molar-refractivity contribution in [1.82, 2.24) is 9.80 Å². The van der Waals surface area contributed by atoms with Crippen LogP contribution in [0.1, 0.15) is 58.3 Å². The largest absolute Gasteiger partial charge is 0.370 e. The van der Waals surface area contributed by atoms with Gasteiger partial charge in [0.1, 0.15) is 0 Å². The summed E-state index contributed by atoms with van der Waals surface area (Å²) in [6.45, 7) is 6.51. The highest BCUT2D eigenvalue weighted by Crippen LogP contribution is 2.21. The van der Waals surface area contributed by atoms with Gasteiger partial charge in [-0.2, -0.15) is 0 Å². The minimum Gasteiger partial charge on any atom is -0.370 e. The van der Waals surface area contributed by atoms with E-state index in [9.17, 15) is 0 Å². The number of nitrogens with zero attached hydrogens (tertiary/aromatic N) is 3. The standard InChI is InChI=1S/C17H34N4.HI/c1-15-9-13-21(14-10-15)17(18)19-11-6-12-20(2)16-7-4-3-5-8-16;/h15-16H,3-14H2,1-2H3,(H2,18,19);1H. The summed E-state index contributed by atoms with van der Waals surface area (Å²) in [6, 6.07) is 0.809. The number of piperidine rings is 1. The Hall–Kier alpha value is -0.0400. The molecule has 0 aromatic heterocycles. The number of hydrogen-bond donors (Lipinski definition) is 1. The second-order valence-electron chi connectivity index (χ2n) is 7.04.